The number of hydrogen-bond donors (Lipinski definition) is 1. The van der Waals surface area contributed by atoms with E-state index < -0.39 is 0 Å². The van der Waals surface area contributed by atoms with Crippen molar-refractivity contribution in [2.45, 2.75) is 62.1 Å². The fourth-order valence-corrected chi connectivity index (χ4v) is 5.32. The Morgan fingerprint density at radius 2 is 1.83 bits per heavy atom. The van der Waals surface area contributed by atoms with Gasteiger partial charge in [-0.15, -0.1) is 11.3 Å². The molecule has 0 spiro atoms. The molecule has 1 amide bonds. The SMILES string of the molecule is Cc1csc(SC2CCC(NC(=O)c3c(C)ncnc3C)CC2)n1. The van der Waals surface area contributed by atoms with E-state index in [-0.39, 0.29) is 11.9 Å². The van der Waals surface area contributed by atoms with E-state index in [9.17, 15) is 4.79 Å². The molecule has 2 aromatic rings. The van der Waals surface area contributed by atoms with Crippen LogP contribution in [0.2, 0.25) is 0 Å². The minimum absolute atomic E-state index is 0.0442. The van der Waals surface area contributed by atoms with Gasteiger partial charge in [-0.05, 0) is 46.5 Å². The number of thioether (sulfide) groups is 1. The summed E-state index contributed by atoms with van der Waals surface area (Å²) >= 11 is 3.61. The van der Waals surface area contributed by atoms with Gasteiger partial charge in [0.2, 0.25) is 0 Å². The predicted octanol–water partition coefficient (Wildman–Crippen LogP) is 3.69. The van der Waals surface area contributed by atoms with E-state index in [1.807, 2.05) is 32.5 Å². The van der Waals surface area contributed by atoms with E-state index in [4.69, 9.17) is 0 Å². The van der Waals surface area contributed by atoms with E-state index >= 15 is 0 Å². The molecular weight excluding hydrogens is 340 g/mol. The minimum Gasteiger partial charge on any atom is -0.349 e. The lowest BCUT2D eigenvalue weighted by atomic mass is 9.94. The summed E-state index contributed by atoms with van der Waals surface area (Å²) in [5.74, 6) is -0.0442. The molecule has 3 rings (SSSR count). The first-order valence-electron chi connectivity index (χ1n) is 8.20. The summed E-state index contributed by atoms with van der Waals surface area (Å²) in [6.07, 6.45) is 5.75. The van der Waals surface area contributed by atoms with Crippen LogP contribution in [0.3, 0.4) is 0 Å². The van der Waals surface area contributed by atoms with Crippen molar-refractivity contribution >= 4 is 29.0 Å². The van der Waals surface area contributed by atoms with Crippen LogP contribution in [0.5, 0.6) is 0 Å². The average Bonchev–Trinajstić information content (AvgIpc) is 2.94. The number of nitrogens with zero attached hydrogens (tertiary/aromatic N) is 3. The van der Waals surface area contributed by atoms with Crippen molar-refractivity contribution in [3.05, 3.63) is 34.4 Å². The van der Waals surface area contributed by atoms with Gasteiger partial charge in [-0.2, -0.15) is 0 Å². The van der Waals surface area contributed by atoms with Crippen LogP contribution in [0.4, 0.5) is 0 Å². The van der Waals surface area contributed by atoms with Crippen LogP contribution in [0.15, 0.2) is 16.0 Å². The molecule has 5 nitrogen and oxygen atoms in total. The fraction of sp³-hybridized carbons (Fsp3) is 0.529. The highest BCUT2D eigenvalue weighted by atomic mass is 32.2. The number of carbonyl (C=O) groups is 1. The van der Waals surface area contributed by atoms with E-state index in [0.29, 0.717) is 10.8 Å². The Morgan fingerprint density at radius 1 is 1.17 bits per heavy atom. The van der Waals surface area contributed by atoms with Gasteiger partial charge in [-0.3, -0.25) is 4.79 Å². The van der Waals surface area contributed by atoms with Crippen molar-refractivity contribution in [3.8, 4) is 0 Å². The van der Waals surface area contributed by atoms with Gasteiger partial charge >= 0.3 is 0 Å². The molecule has 0 radical (unpaired) electrons. The van der Waals surface area contributed by atoms with Gasteiger partial charge in [0.05, 0.1) is 17.0 Å². The number of amides is 1. The molecule has 1 fully saturated rings. The molecule has 24 heavy (non-hydrogen) atoms. The van der Waals surface area contributed by atoms with Crippen molar-refractivity contribution in [3.63, 3.8) is 0 Å². The van der Waals surface area contributed by atoms with E-state index in [1.165, 1.54) is 6.33 Å². The molecule has 0 aliphatic heterocycles. The third-order valence-electron chi connectivity index (χ3n) is 4.33. The Labute approximate surface area is 150 Å². The Balaban J connectivity index is 1.53. The molecule has 128 valence electrons. The number of aryl methyl sites for hydroxylation is 3. The van der Waals surface area contributed by atoms with Gasteiger partial charge in [0, 0.05) is 22.4 Å². The van der Waals surface area contributed by atoms with Crippen LogP contribution in [-0.4, -0.2) is 32.2 Å². The van der Waals surface area contributed by atoms with Crippen LogP contribution < -0.4 is 5.32 Å². The Bertz CT molecular complexity index is 703. The van der Waals surface area contributed by atoms with Gasteiger partial charge in [0.15, 0.2) is 0 Å². The lowest BCUT2D eigenvalue weighted by Crippen LogP contribution is -2.38. The first-order chi connectivity index (χ1) is 11.5. The van der Waals surface area contributed by atoms with Crippen molar-refractivity contribution in [2.24, 2.45) is 0 Å². The lowest BCUT2D eigenvalue weighted by Gasteiger charge is -2.28. The maximum absolute atomic E-state index is 12.5. The maximum atomic E-state index is 12.5. The lowest BCUT2D eigenvalue weighted by molar-refractivity contribution is 0.0926. The van der Waals surface area contributed by atoms with E-state index in [1.54, 1.807) is 11.3 Å². The minimum atomic E-state index is -0.0442. The predicted molar refractivity (Wildman–Crippen MR) is 97.7 cm³/mol. The first-order valence-corrected chi connectivity index (χ1v) is 9.96. The molecule has 0 aromatic carbocycles. The third-order valence-corrected chi connectivity index (χ3v) is 6.76. The topological polar surface area (TPSA) is 67.8 Å². The number of hydrogen-bond acceptors (Lipinski definition) is 6. The third kappa shape index (κ3) is 4.13. The smallest absolute Gasteiger partial charge is 0.255 e. The van der Waals surface area contributed by atoms with Crippen molar-refractivity contribution in [1.82, 2.24) is 20.3 Å². The zero-order valence-corrected chi connectivity index (χ0v) is 15.8. The number of nitrogens with one attached hydrogen (secondary N) is 1. The Hall–Kier alpha value is -1.47. The Kier molecular flexibility index (Phi) is 5.50. The summed E-state index contributed by atoms with van der Waals surface area (Å²) in [6.45, 7) is 5.74. The highest BCUT2D eigenvalue weighted by Gasteiger charge is 2.25. The number of carbonyl (C=O) groups excluding carboxylic acids is 1. The number of thiazole rings is 1. The van der Waals surface area contributed by atoms with Gasteiger partial charge < -0.3 is 5.32 Å². The zero-order chi connectivity index (χ0) is 17.1. The summed E-state index contributed by atoms with van der Waals surface area (Å²) in [4.78, 5) is 25.3. The second-order valence-electron chi connectivity index (χ2n) is 6.24. The quantitative estimate of drug-likeness (QED) is 0.898. The molecular formula is C17H22N4OS2. The summed E-state index contributed by atoms with van der Waals surface area (Å²) < 4.78 is 1.16. The highest BCUT2D eigenvalue weighted by molar-refractivity contribution is 8.01. The monoisotopic (exact) mass is 362 g/mol. The van der Waals surface area contributed by atoms with Gasteiger partial charge in [-0.1, -0.05) is 11.8 Å². The molecule has 2 heterocycles. The van der Waals surface area contributed by atoms with Gasteiger partial charge in [-0.25, -0.2) is 15.0 Å². The fourth-order valence-electron chi connectivity index (χ4n) is 3.03. The van der Waals surface area contributed by atoms with Crippen molar-refractivity contribution in [1.29, 1.82) is 0 Å². The van der Waals surface area contributed by atoms with E-state index in [0.717, 1.165) is 47.1 Å². The zero-order valence-electron chi connectivity index (χ0n) is 14.2. The van der Waals surface area contributed by atoms with Crippen LogP contribution in [0, 0.1) is 20.8 Å². The largest absolute Gasteiger partial charge is 0.349 e. The van der Waals surface area contributed by atoms with Crippen molar-refractivity contribution in [2.75, 3.05) is 0 Å². The normalized spacial score (nSPS) is 20.8. The van der Waals surface area contributed by atoms with Crippen LogP contribution >= 0.6 is 23.1 Å². The summed E-state index contributed by atoms with van der Waals surface area (Å²) in [7, 11) is 0. The van der Waals surface area contributed by atoms with Crippen molar-refractivity contribution < 1.29 is 4.79 Å². The van der Waals surface area contributed by atoms with Crippen LogP contribution in [0.1, 0.15) is 53.1 Å². The summed E-state index contributed by atoms with van der Waals surface area (Å²) in [5.41, 5.74) is 3.19. The van der Waals surface area contributed by atoms with E-state index in [2.05, 4.69) is 25.6 Å². The molecule has 1 aliphatic rings. The summed E-state index contributed by atoms with van der Waals surface area (Å²) in [5, 5.41) is 5.87. The Morgan fingerprint density at radius 3 is 2.42 bits per heavy atom. The first kappa shape index (κ1) is 17.4. The molecule has 1 saturated carbocycles. The molecule has 0 saturated heterocycles. The molecule has 1 N–H and O–H groups in total. The molecule has 2 aromatic heterocycles. The maximum Gasteiger partial charge on any atom is 0.255 e. The van der Waals surface area contributed by atoms with Gasteiger partial charge in [0.1, 0.15) is 10.7 Å². The molecule has 0 atom stereocenters. The molecule has 7 heteroatoms. The van der Waals surface area contributed by atoms with Crippen LogP contribution in [0.25, 0.3) is 0 Å². The molecule has 1 aliphatic carbocycles. The number of aromatic nitrogens is 3. The standard InChI is InChI=1S/C17H22N4OS2/c1-10-8-23-17(20-10)24-14-6-4-13(5-7-14)21-16(22)15-11(2)18-9-19-12(15)3/h8-9,13-14H,4-7H2,1-3H3,(H,21,22). The highest BCUT2D eigenvalue weighted by Crippen LogP contribution is 2.35. The second-order valence-corrected chi connectivity index (χ2v) is 8.64. The van der Waals surface area contributed by atoms with Crippen LogP contribution in [-0.2, 0) is 0 Å². The number of rotatable bonds is 4. The molecule has 0 unspecified atom stereocenters. The second kappa shape index (κ2) is 7.61. The van der Waals surface area contributed by atoms with Gasteiger partial charge in [0.25, 0.3) is 5.91 Å². The summed E-state index contributed by atoms with van der Waals surface area (Å²) in [6, 6.07) is 0.242. The average molecular weight is 363 g/mol. The molecule has 0 bridgehead atoms.